The number of hydrogen-bond acceptors (Lipinski definition) is 2. The first-order valence-corrected chi connectivity index (χ1v) is 7.32. The Balaban J connectivity index is 1.87. The molecule has 0 radical (unpaired) electrons. The van der Waals surface area contributed by atoms with Gasteiger partial charge in [-0.15, -0.1) is 0 Å². The Bertz CT molecular complexity index is 307. The molecule has 4 bridgehead atoms. The standard InChI is InChI=1S/C15H28N2/c1-11(17-16)4-15-7-12-5-13(2,9-15)8-14(3,6-12)10-15/h11-12,17H,4-10,16H2,1-3H3. The summed E-state index contributed by atoms with van der Waals surface area (Å²) in [5, 5.41) is 0. The first kappa shape index (κ1) is 12.0. The zero-order chi connectivity index (χ0) is 12.3. The van der Waals surface area contributed by atoms with E-state index in [-0.39, 0.29) is 0 Å². The second-order valence-corrected chi connectivity index (χ2v) is 8.40. The molecule has 0 aliphatic heterocycles. The molecular weight excluding hydrogens is 208 g/mol. The minimum Gasteiger partial charge on any atom is -0.271 e. The molecule has 3 atom stereocenters. The summed E-state index contributed by atoms with van der Waals surface area (Å²) in [5.41, 5.74) is 4.85. The summed E-state index contributed by atoms with van der Waals surface area (Å²) in [7, 11) is 0. The summed E-state index contributed by atoms with van der Waals surface area (Å²) in [5.74, 6) is 6.62. The second kappa shape index (κ2) is 3.48. The van der Waals surface area contributed by atoms with Gasteiger partial charge < -0.3 is 0 Å². The Morgan fingerprint density at radius 3 is 2.18 bits per heavy atom. The molecule has 0 saturated heterocycles. The van der Waals surface area contributed by atoms with Crippen molar-refractivity contribution in [2.45, 2.75) is 71.8 Å². The van der Waals surface area contributed by atoms with Crippen LogP contribution in [-0.2, 0) is 0 Å². The minimum absolute atomic E-state index is 0.471. The fraction of sp³-hybridized carbons (Fsp3) is 1.00. The molecule has 0 amide bonds. The molecular formula is C15H28N2. The predicted octanol–water partition coefficient (Wildman–Crippen LogP) is 3.22. The van der Waals surface area contributed by atoms with Gasteiger partial charge in [-0.3, -0.25) is 11.3 Å². The van der Waals surface area contributed by atoms with Crippen LogP contribution in [0.25, 0.3) is 0 Å². The smallest absolute Gasteiger partial charge is 0.0187 e. The van der Waals surface area contributed by atoms with Crippen molar-refractivity contribution < 1.29 is 0 Å². The van der Waals surface area contributed by atoms with Gasteiger partial charge in [-0.05, 0) is 74.0 Å². The molecule has 4 aliphatic carbocycles. The molecule has 4 rings (SSSR count). The maximum atomic E-state index is 5.62. The Hall–Kier alpha value is -0.0800. The minimum atomic E-state index is 0.471. The molecule has 0 aromatic heterocycles. The lowest BCUT2D eigenvalue weighted by Gasteiger charge is -2.66. The van der Waals surface area contributed by atoms with Crippen LogP contribution in [0, 0.1) is 22.2 Å². The van der Waals surface area contributed by atoms with Gasteiger partial charge in [0.25, 0.3) is 0 Å². The molecule has 0 aromatic rings. The Labute approximate surface area is 106 Å². The van der Waals surface area contributed by atoms with Gasteiger partial charge in [0.2, 0.25) is 0 Å². The highest BCUT2D eigenvalue weighted by atomic mass is 15.2. The van der Waals surface area contributed by atoms with Crippen molar-refractivity contribution in [3.05, 3.63) is 0 Å². The van der Waals surface area contributed by atoms with Crippen molar-refractivity contribution in [3.8, 4) is 0 Å². The van der Waals surface area contributed by atoms with Crippen LogP contribution in [0.15, 0.2) is 0 Å². The lowest BCUT2D eigenvalue weighted by atomic mass is 9.39. The molecule has 4 saturated carbocycles. The highest BCUT2D eigenvalue weighted by Crippen LogP contribution is 2.70. The summed E-state index contributed by atoms with van der Waals surface area (Å²) >= 11 is 0. The molecule has 4 aliphatic rings. The van der Waals surface area contributed by atoms with Crippen LogP contribution in [0.5, 0.6) is 0 Å². The summed E-state index contributed by atoms with van der Waals surface area (Å²) in [6, 6.07) is 0.471. The lowest BCUT2D eigenvalue weighted by Crippen LogP contribution is -2.56. The maximum Gasteiger partial charge on any atom is 0.0187 e. The van der Waals surface area contributed by atoms with Gasteiger partial charge in [0.1, 0.15) is 0 Å². The molecule has 0 heterocycles. The van der Waals surface area contributed by atoms with E-state index < -0.39 is 0 Å². The molecule has 17 heavy (non-hydrogen) atoms. The lowest BCUT2D eigenvalue weighted by molar-refractivity contribution is -0.149. The third-order valence-corrected chi connectivity index (χ3v) is 5.77. The molecule has 3 unspecified atom stereocenters. The number of nitrogens with one attached hydrogen (secondary N) is 1. The highest BCUT2D eigenvalue weighted by molar-refractivity contribution is 5.10. The summed E-state index contributed by atoms with van der Waals surface area (Å²) in [4.78, 5) is 0. The zero-order valence-electron chi connectivity index (χ0n) is 11.7. The average Bonchev–Trinajstić information content (AvgIpc) is 2.10. The van der Waals surface area contributed by atoms with Crippen LogP contribution in [0.4, 0.5) is 0 Å². The third kappa shape index (κ3) is 1.94. The number of nitrogens with two attached hydrogens (primary N) is 1. The van der Waals surface area contributed by atoms with Crippen LogP contribution in [0.1, 0.15) is 65.7 Å². The average molecular weight is 236 g/mol. The normalized spacial score (nSPS) is 54.0. The van der Waals surface area contributed by atoms with Crippen molar-refractivity contribution in [2.75, 3.05) is 0 Å². The summed E-state index contributed by atoms with van der Waals surface area (Å²) < 4.78 is 0. The number of rotatable bonds is 3. The van der Waals surface area contributed by atoms with Crippen molar-refractivity contribution in [1.82, 2.24) is 5.43 Å². The highest BCUT2D eigenvalue weighted by Gasteiger charge is 2.59. The number of hydrazine groups is 1. The number of hydrogen-bond donors (Lipinski definition) is 2. The quantitative estimate of drug-likeness (QED) is 0.583. The largest absolute Gasteiger partial charge is 0.271 e. The second-order valence-electron chi connectivity index (χ2n) is 8.40. The van der Waals surface area contributed by atoms with E-state index in [1.807, 2.05) is 0 Å². The molecule has 2 heteroatoms. The zero-order valence-corrected chi connectivity index (χ0v) is 11.7. The van der Waals surface area contributed by atoms with E-state index in [0.29, 0.717) is 22.3 Å². The fourth-order valence-electron chi connectivity index (χ4n) is 6.62. The third-order valence-electron chi connectivity index (χ3n) is 5.77. The topological polar surface area (TPSA) is 38.0 Å². The van der Waals surface area contributed by atoms with Gasteiger partial charge >= 0.3 is 0 Å². The molecule has 0 aromatic carbocycles. The van der Waals surface area contributed by atoms with Gasteiger partial charge in [-0.1, -0.05) is 13.8 Å². The molecule has 0 spiro atoms. The summed E-state index contributed by atoms with van der Waals surface area (Å²) in [6.45, 7) is 7.33. The van der Waals surface area contributed by atoms with E-state index in [0.717, 1.165) is 5.92 Å². The molecule has 98 valence electrons. The van der Waals surface area contributed by atoms with Gasteiger partial charge in [0, 0.05) is 6.04 Å². The van der Waals surface area contributed by atoms with E-state index in [1.165, 1.54) is 44.9 Å². The van der Waals surface area contributed by atoms with Crippen LogP contribution in [-0.4, -0.2) is 6.04 Å². The van der Waals surface area contributed by atoms with Gasteiger partial charge in [0.05, 0.1) is 0 Å². The molecule has 4 fully saturated rings. The monoisotopic (exact) mass is 236 g/mol. The SMILES string of the molecule is CC(CC12CC3CC(C)(CC(C)(C3)C1)C2)NN. The van der Waals surface area contributed by atoms with Crippen LogP contribution >= 0.6 is 0 Å². The maximum absolute atomic E-state index is 5.62. The van der Waals surface area contributed by atoms with E-state index in [1.54, 1.807) is 0 Å². The first-order chi connectivity index (χ1) is 7.86. The van der Waals surface area contributed by atoms with E-state index >= 15 is 0 Å². The van der Waals surface area contributed by atoms with Crippen LogP contribution in [0.2, 0.25) is 0 Å². The Morgan fingerprint density at radius 1 is 1.12 bits per heavy atom. The summed E-state index contributed by atoms with van der Waals surface area (Å²) in [6.07, 6.45) is 10.1. The van der Waals surface area contributed by atoms with Gasteiger partial charge in [-0.25, -0.2) is 0 Å². The Kier molecular flexibility index (Phi) is 2.45. The van der Waals surface area contributed by atoms with Crippen LogP contribution in [0.3, 0.4) is 0 Å². The van der Waals surface area contributed by atoms with Gasteiger partial charge in [0.15, 0.2) is 0 Å². The van der Waals surface area contributed by atoms with Crippen molar-refractivity contribution in [2.24, 2.45) is 28.0 Å². The molecule has 2 nitrogen and oxygen atoms in total. The van der Waals surface area contributed by atoms with Crippen LogP contribution < -0.4 is 11.3 Å². The van der Waals surface area contributed by atoms with Crippen molar-refractivity contribution in [3.63, 3.8) is 0 Å². The predicted molar refractivity (Wildman–Crippen MR) is 71.2 cm³/mol. The molecule has 3 N–H and O–H groups in total. The first-order valence-electron chi connectivity index (χ1n) is 7.32. The van der Waals surface area contributed by atoms with E-state index in [2.05, 4.69) is 26.2 Å². The van der Waals surface area contributed by atoms with E-state index in [9.17, 15) is 0 Å². The van der Waals surface area contributed by atoms with Crippen molar-refractivity contribution >= 4 is 0 Å². The van der Waals surface area contributed by atoms with Gasteiger partial charge in [-0.2, -0.15) is 0 Å². The van der Waals surface area contributed by atoms with Crippen molar-refractivity contribution in [1.29, 1.82) is 0 Å². The van der Waals surface area contributed by atoms with E-state index in [4.69, 9.17) is 5.84 Å². The Morgan fingerprint density at radius 2 is 1.71 bits per heavy atom. The fourth-order valence-corrected chi connectivity index (χ4v) is 6.62.